The molecule has 2 aliphatic rings. The van der Waals surface area contributed by atoms with Gasteiger partial charge in [0.25, 0.3) is 12.4 Å². The van der Waals surface area contributed by atoms with E-state index in [1.165, 1.54) is 0 Å². The predicted molar refractivity (Wildman–Crippen MR) is 96.4 cm³/mol. The van der Waals surface area contributed by atoms with Crippen LogP contribution in [0, 0.1) is 5.41 Å². The second kappa shape index (κ2) is 8.70. The molecule has 3 N–H and O–H groups in total. The van der Waals surface area contributed by atoms with E-state index in [-0.39, 0.29) is 29.9 Å². The summed E-state index contributed by atoms with van der Waals surface area (Å²) < 4.78 is 0. The molecule has 0 radical (unpaired) electrons. The largest absolute Gasteiger partial charge is 0.483 e. The number of benzene rings is 1. The van der Waals surface area contributed by atoms with Gasteiger partial charge in [-0.25, -0.2) is 0 Å². The van der Waals surface area contributed by atoms with Crippen molar-refractivity contribution < 1.29 is 24.6 Å². The second-order valence-electron chi connectivity index (χ2n) is 6.25. The fourth-order valence-electron chi connectivity index (χ4n) is 3.46. The summed E-state index contributed by atoms with van der Waals surface area (Å²) in [5, 5.41) is 20.6. The molecule has 0 aliphatic carbocycles. The van der Waals surface area contributed by atoms with Gasteiger partial charge in [0.2, 0.25) is 5.91 Å². The first-order valence-electron chi connectivity index (χ1n) is 8.15. The quantitative estimate of drug-likeness (QED) is 0.620. The van der Waals surface area contributed by atoms with Crippen molar-refractivity contribution in [1.29, 1.82) is 0 Å². The Bertz CT molecular complexity index is 700. The van der Waals surface area contributed by atoms with Gasteiger partial charge in [0.1, 0.15) is 0 Å². The molecule has 1 aromatic rings. The molecular weight excluding hydrogens is 383 g/mol. The number of likely N-dealkylation sites (tertiary alicyclic amines) is 1. The van der Waals surface area contributed by atoms with Crippen LogP contribution >= 0.6 is 23.2 Å². The van der Waals surface area contributed by atoms with Crippen molar-refractivity contribution in [3.8, 4) is 0 Å². The highest BCUT2D eigenvalue weighted by atomic mass is 35.5. The molecule has 9 heteroatoms. The third-order valence-corrected chi connectivity index (χ3v) is 5.61. The SMILES string of the molecule is O=C(c1cccc(Cl)c1Cl)N1CC[C@@H](O)[C@@]2(CCCNC2=O)C1.O=CO. The molecule has 0 unspecified atom stereocenters. The summed E-state index contributed by atoms with van der Waals surface area (Å²) >= 11 is 12.1. The number of aliphatic hydroxyl groups excluding tert-OH is 1. The molecule has 2 amide bonds. The summed E-state index contributed by atoms with van der Waals surface area (Å²) in [6, 6.07) is 4.91. The molecule has 0 aromatic heterocycles. The van der Waals surface area contributed by atoms with Crippen LogP contribution in [0.4, 0.5) is 0 Å². The van der Waals surface area contributed by atoms with Gasteiger partial charge in [-0.3, -0.25) is 14.4 Å². The molecule has 0 bridgehead atoms. The number of carbonyl (C=O) groups is 3. The summed E-state index contributed by atoms with van der Waals surface area (Å²) in [5.74, 6) is -0.437. The van der Waals surface area contributed by atoms with Crippen LogP contribution in [0.5, 0.6) is 0 Å². The predicted octanol–water partition coefficient (Wildman–Crippen LogP) is 1.80. The van der Waals surface area contributed by atoms with E-state index in [9.17, 15) is 14.7 Å². The minimum atomic E-state index is -0.919. The van der Waals surface area contributed by atoms with Gasteiger partial charge in [-0.1, -0.05) is 29.3 Å². The van der Waals surface area contributed by atoms with Crippen molar-refractivity contribution in [2.75, 3.05) is 19.6 Å². The van der Waals surface area contributed by atoms with Gasteiger partial charge < -0.3 is 20.4 Å². The number of piperidine rings is 2. The highest BCUT2D eigenvalue weighted by Crippen LogP contribution is 2.38. The summed E-state index contributed by atoms with van der Waals surface area (Å²) in [6.07, 6.45) is 1.01. The van der Waals surface area contributed by atoms with Crippen molar-refractivity contribution in [2.45, 2.75) is 25.4 Å². The number of halogens is 2. The lowest BCUT2D eigenvalue weighted by Gasteiger charge is -2.46. The van der Waals surface area contributed by atoms with E-state index in [1.54, 1.807) is 23.1 Å². The first kappa shape index (κ1) is 20.5. The summed E-state index contributed by atoms with van der Waals surface area (Å²) in [4.78, 5) is 35.1. The highest BCUT2D eigenvalue weighted by molar-refractivity contribution is 6.43. The zero-order valence-electron chi connectivity index (χ0n) is 14.0. The van der Waals surface area contributed by atoms with E-state index in [1.807, 2.05) is 0 Å². The molecule has 2 fully saturated rings. The van der Waals surface area contributed by atoms with E-state index >= 15 is 0 Å². The molecule has 1 spiro atoms. The molecule has 0 saturated carbocycles. The molecule has 142 valence electrons. The lowest BCUT2D eigenvalue weighted by atomic mass is 9.71. The van der Waals surface area contributed by atoms with Crippen LogP contribution in [0.3, 0.4) is 0 Å². The molecule has 26 heavy (non-hydrogen) atoms. The third kappa shape index (κ3) is 3.95. The maximum absolute atomic E-state index is 12.8. The van der Waals surface area contributed by atoms with Crippen LogP contribution < -0.4 is 5.32 Å². The van der Waals surface area contributed by atoms with Gasteiger partial charge in [-0.15, -0.1) is 0 Å². The van der Waals surface area contributed by atoms with Crippen LogP contribution in [0.1, 0.15) is 29.6 Å². The maximum Gasteiger partial charge on any atom is 0.290 e. The van der Waals surface area contributed by atoms with E-state index in [0.29, 0.717) is 36.5 Å². The van der Waals surface area contributed by atoms with Gasteiger partial charge in [-0.05, 0) is 31.4 Å². The number of hydrogen-bond donors (Lipinski definition) is 3. The average molecular weight is 403 g/mol. The second-order valence-corrected chi connectivity index (χ2v) is 7.04. The fraction of sp³-hybridized carbons (Fsp3) is 0.471. The highest BCUT2D eigenvalue weighted by Gasteiger charge is 2.50. The standard InChI is InChI=1S/C16H18Cl2N2O3.CH2O2/c17-11-4-1-3-10(13(11)18)14(22)20-8-5-12(21)16(9-20)6-2-7-19-15(16)23;2-1-3/h1,3-4,12,21H,2,5-9H2,(H,19,23);1H,(H,2,3)/t12-,16-;/m1./s1. The molecule has 2 atom stereocenters. The molecule has 2 aliphatic heterocycles. The van der Waals surface area contributed by atoms with E-state index < -0.39 is 11.5 Å². The van der Waals surface area contributed by atoms with E-state index in [2.05, 4.69) is 5.32 Å². The summed E-state index contributed by atoms with van der Waals surface area (Å²) in [7, 11) is 0. The van der Waals surface area contributed by atoms with Gasteiger partial charge >= 0.3 is 0 Å². The number of nitrogens with zero attached hydrogens (tertiary/aromatic N) is 1. The lowest BCUT2D eigenvalue weighted by Crippen LogP contribution is -2.62. The van der Waals surface area contributed by atoms with E-state index in [4.69, 9.17) is 33.1 Å². The minimum absolute atomic E-state index is 0.175. The fourth-order valence-corrected chi connectivity index (χ4v) is 3.84. The summed E-state index contributed by atoms with van der Waals surface area (Å²) in [6.45, 7) is 0.945. The van der Waals surface area contributed by atoms with Crippen molar-refractivity contribution in [3.63, 3.8) is 0 Å². The number of rotatable bonds is 1. The van der Waals surface area contributed by atoms with E-state index in [0.717, 1.165) is 6.42 Å². The van der Waals surface area contributed by atoms with Crippen LogP contribution in [0.25, 0.3) is 0 Å². The Morgan fingerprint density at radius 2 is 2.08 bits per heavy atom. The Hall–Kier alpha value is -1.83. The maximum atomic E-state index is 12.8. The Kier molecular flexibility index (Phi) is 6.86. The molecule has 3 rings (SSSR count). The van der Waals surface area contributed by atoms with Crippen LogP contribution in [-0.4, -0.2) is 59.1 Å². The third-order valence-electron chi connectivity index (χ3n) is 4.79. The van der Waals surface area contributed by atoms with Gasteiger partial charge in [0, 0.05) is 19.6 Å². The Labute approximate surface area is 160 Å². The molecular formula is C17H20Cl2N2O5. The average Bonchev–Trinajstić information content (AvgIpc) is 2.62. The van der Waals surface area contributed by atoms with Crippen molar-refractivity contribution in [2.24, 2.45) is 5.41 Å². The van der Waals surface area contributed by atoms with Gasteiger partial charge in [0.15, 0.2) is 0 Å². The number of hydrogen-bond acceptors (Lipinski definition) is 4. The first-order valence-corrected chi connectivity index (χ1v) is 8.90. The van der Waals surface area contributed by atoms with Crippen LogP contribution in [0.2, 0.25) is 10.0 Å². The Morgan fingerprint density at radius 3 is 2.73 bits per heavy atom. The lowest BCUT2D eigenvalue weighted by molar-refractivity contribution is -0.147. The normalized spacial score (nSPS) is 25.1. The zero-order valence-corrected chi connectivity index (χ0v) is 15.5. The van der Waals surface area contributed by atoms with Crippen molar-refractivity contribution in [1.82, 2.24) is 10.2 Å². The van der Waals surface area contributed by atoms with Gasteiger partial charge in [0.05, 0.1) is 27.1 Å². The molecule has 1 aromatic carbocycles. The number of carboxylic acid groups (broad SMARTS) is 1. The minimum Gasteiger partial charge on any atom is -0.483 e. The molecule has 2 heterocycles. The van der Waals surface area contributed by atoms with Crippen LogP contribution in [0.15, 0.2) is 18.2 Å². The topological polar surface area (TPSA) is 107 Å². The van der Waals surface area contributed by atoms with Crippen molar-refractivity contribution in [3.05, 3.63) is 33.8 Å². The summed E-state index contributed by atoms with van der Waals surface area (Å²) in [5.41, 5.74) is -0.598. The number of nitrogens with one attached hydrogen (secondary N) is 1. The monoisotopic (exact) mass is 402 g/mol. The molecule has 2 saturated heterocycles. The smallest absolute Gasteiger partial charge is 0.290 e. The number of amides is 2. The first-order chi connectivity index (χ1) is 12.4. The Morgan fingerprint density at radius 1 is 1.38 bits per heavy atom. The van der Waals surface area contributed by atoms with Crippen molar-refractivity contribution >= 4 is 41.5 Å². The van der Waals surface area contributed by atoms with Crippen LogP contribution in [-0.2, 0) is 9.59 Å². The number of carbonyl (C=O) groups excluding carboxylic acids is 2. The van der Waals surface area contributed by atoms with Gasteiger partial charge in [-0.2, -0.15) is 0 Å². The Balaban J connectivity index is 0.000000758. The number of aliphatic hydroxyl groups is 1. The zero-order chi connectivity index (χ0) is 19.3. The molecule has 7 nitrogen and oxygen atoms in total.